The third-order valence-electron chi connectivity index (χ3n) is 3.68. The first-order valence-corrected chi connectivity index (χ1v) is 6.93. The van der Waals surface area contributed by atoms with Crippen molar-refractivity contribution < 1.29 is 4.74 Å². The fourth-order valence-corrected chi connectivity index (χ4v) is 2.55. The minimum Gasteiger partial charge on any atom is -0.496 e. The first kappa shape index (κ1) is 15.0. The predicted octanol–water partition coefficient (Wildman–Crippen LogP) is 3.57. The summed E-state index contributed by atoms with van der Waals surface area (Å²) in [5.74, 6) is 1.69. The van der Waals surface area contributed by atoms with Crippen LogP contribution in [-0.2, 0) is 6.42 Å². The van der Waals surface area contributed by atoms with Crippen molar-refractivity contribution in [2.24, 2.45) is 5.92 Å². The summed E-state index contributed by atoms with van der Waals surface area (Å²) >= 11 is 0. The maximum atomic E-state index is 5.46. The van der Waals surface area contributed by atoms with Gasteiger partial charge < -0.3 is 10.1 Å². The summed E-state index contributed by atoms with van der Waals surface area (Å²) in [4.78, 5) is 0. The van der Waals surface area contributed by atoms with Gasteiger partial charge in [0.25, 0.3) is 0 Å². The Morgan fingerprint density at radius 1 is 1.33 bits per heavy atom. The second-order valence-electron chi connectivity index (χ2n) is 5.18. The molecule has 2 heteroatoms. The number of likely N-dealkylation sites (N-methyl/N-ethyl adjacent to an activating group) is 1. The number of ether oxygens (including phenoxy) is 1. The van der Waals surface area contributed by atoms with Gasteiger partial charge in [-0.1, -0.05) is 38.0 Å². The fourth-order valence-electron chi connectivity index (χ4n) is 2.55. The van der Waals surface area contributed by atoms with Crippen LogP contribution in [0.2, 0.25) is 0 Å². The van der Waals surface area contributed by atoms with E-state index in [1.807, 2.05) is 0 Å². The third kappa shape index (κ3) is 4.02. The van der Waals surface area contributed by atoms with Gasteiger partial charge in [-0.25, -0.2) is 0 Å². The smallest absolute Gasteiger partial charge is 0.122 e. The average molecular weight is 249 g/mol. The molecule has 2 unspecified atom stereocenters. The highest BCUT2D eigenvalue weighted by atomic mass is 16.5. The highest BCUT2D eigenvalue weighted by Gasteiger charge is 2.17. The standard InChI is InChI=1S/C16H27NO/c1-6-7-13(3)15(17-4)11-14-10-12(2)8-9-16(14)18-5/h8-10,13,15,17H,6-7,11H2,1-5H3. The van der Waals surface area contributed by atoms with Gasteiger partial charge in [0.2, 0.25) is 0 Å². The van der Waals surface area contributed by atoms with Crippen molar-refractivity contribution in [2.45, 2.75) is 46.1 Å². The molecule has 1 N–H and O–H groups in total. The van der Waals surface area contributed by atoms with Crippen LogP contribution in [0.5, 0.6) is 5.75 Å². The molecule has 0 aromatic heterocycles. The van der Waals surface area contributed by atoms with Gasteiger partial charge in [0.05, 0.1) is 7.11 Å². The second kappa shape index (κ2) is 7.42. The van der Waals surface area contributed by atoms with Crippen molar-refractivity contribution >= 4 is 0 Å². The van der Waals surface area contributed by atoms with Crippen LogP contribution in [0.4, 0.5) is 0 Å². The highest BCUT2D eigenvalue weighted by molar-refractivity contribution is 5.37. The average Bonchev–Trinajstić information content (AvgIpc) is 2.36. The zero-order valence-corrected chi connectivity index (χ0v) is 12.4. The van der Waals surface area contributed by atoms with Crippen molar-refractivity contribution in [3.8, 4) is 5.75 Å². The van der Waals surface area contributed by atoms with E-state index in [1.54, 1.807) is 7.11 Å². The monoisotopic (exact) mass is 249 g/mol. The Morgan fingerprint density at radius 2 is 2.06 bits per heavy atom. The lowest BCUT2D eigenvalue weighted by molar-refractivity contribution is 0.361. The van der Waals surface area contributed by atoms with Gasteiger partial charge in [-0.3, -0.25) is 0 Å². The Balaban J connectivity index is 2.83. The van der Waals surface area contributed by atoms with Crippen molar-refractivity contribution in [1.82, 2.24) is 5.32 Å². The van der Waals surface area contributed by atoms with E-state index in [-0.39, 0.29) is 0 Å². The van der Waals surface area contributed by atoms with Crippen LogP contribution < -0.4 is 10.1 Å². The van der Waals surface area contributed by atoms with Crippen LogP contribution in [0, 0.1) is 12.8 Å². The molecule has 0 bridgehead atoms. The van der Waals surface area contributed by atoms with Crippen LogP contribution in [0.3, 0.4) is 0 Å². The number of methoxy groups -OCH3 is 1. The van der Waals surface area contributed by atoms with E-state index < -0.39 is 0 Å². The normalized spacial score (nSPS) is 14.3. The third-order valence-corrected chi connectivity index (χ3v) is 3.68. The molecule has 0 saturated heterocycles. The van der Waals surface area contributed by atoms with Gasteiger partial charge in [0.15, 0.2) is 0 Å². The zero-order chi connectivity index (χ0) is 13.5. The second-order valence-corrected chi connectivity index (χ2v) is 5.18. The topological polar surface area (TPSA) is 21.3 Å². The van der Waals surface area contributed by atoms with Gasteiger partial charge in [-0.2, -0.15) is 0 Å². The molecule has 2 nitrogen and oxygen atoms in total. The van der Waals surface area contributed by atoms with Crippen molar-refractivity contribution in [3.05, 3.63) is 29.3 Å². The Hall–Kier alpha value is -1.02. The van der Waals surface area contributed by atoms with Crippen molar-refractivity contribution in [3.63, 3.8) is 0 Å². The number of nitrogens with one attached hydrogen (secondary N) is 1. The lowest BCUT2D eigenvalue weighted by Crippen LogP contribution is -2.34. The van der Waals surface area contributed by atoms with Gasteiger partial charge in [0.1, 0.15) is 5.75 Å². The van der Waals surface area contributed by atoms with Crippen molar-refractivity contribution in [1.29, 1.82) is 0 Å². The molecule has 0 radical (unpaired) electrons. The van der Waals surface area contributed by atoms with E-state index >= 15 is 0 Å². The lowest BCUT2D eigenvalue weighted by atomic mass is 9.91. The fraction of sp³-hybridized carbons (Fsp3) is 0.625. The largest absolute Gasteiger partial charge is 0.496 e. The molecule has 2 atom stereocenters. The van der Waals surface area contributed by atoms with Gasteiger partial charge in [0, 0.05) is 6.04 Å². The van der Waals surface area contributed by atoms with Crippen LogP contribution in [0.15, 0.2) is 18.2 Å². The molecule has 1 rings (SSSR count). The molecule has 0 fully saturated rings. The van der Waals surface area contributed by atoms with Crippen LogP contribution >= 0.6 is 0 Å². The van der Waals surface area contributed by atoms with Crippen LogP contribution in [0.25, 0.3) is 0 Å². The van der Waals surface area contributed by atoms with E-state index in [2.05, 4.69) is 51.3 Å². The minimum absolute atomic E-state index is 0.514. The molecule has 0 aliphatic heterocycles. The summed E-state index contributed by atoms with van der Waals surface area (Å²) in [6.45, 7) is 6.70. The van der Waals surface area contributed by atoms with E-state index in [4.69, 9.17) is 4.74 Å². The molecule has 0 saturated carbocycles. The maximum absolute atomic E-state index is 5.46. The summed E-state index contributed by atoms with van der Waals surface area (Å²) < 4.78 is 5.46. The van der Waals surface area contributed by atoms with E-state index in [1.165, 1.54) is 24.0 Å². The summed E-state index contributed by atoms with van der Waals surface area (Å²) in [6.07, 6.45) is 3.53. The quantitative estimate of drug-likeness (QED) is 0.797. The number of aryl methyl sites for hydroxylation is 1. The molecule has 1 aromatic rings. The summed E-state index contributed by atoms with van der Waals surface area (Å²) in [5, 5.41) is 3.45. The molecule has 1 aromatic carbocycles. The molecule has 102 valence electrons. The van der Waals surface area contributed by atoms with Gasteiger partial charge in [-0.15, -0.1) is 0 Å². The summed E-state index contributed by atoms with van der Waals surface area (Å²) in [7, 11) is 3.80. The Morgan fingerprint density at radius 3 is 2.61 bits per heavy atom. The molecular formula is C16H27NO. The summed E-state index contributed by atoms with van der Waals surface area (Å²) in [5.41, 5.74) is 2.60. The van der Waals surface area contributed by atoms with Crippen LogP contribution in [0.1, 0.15) is 37.8 Å². The first-order chi connectivity index (χ1) is 8.62. The van der Waals surface area contributed by atoms with Crippen molar-refractivity contribution in [2.75, 3.05) is 14.2 Å². The molecular weight excluding hydrogens is 222 g/mol. The number of rotatable bonds is 7. The summed E-state index contributed by atoms with van der Waals surface area (Å²) in [6, 6.07) is 6.93. The minimum atomic E-state index is 0.514. The van der Waals surface area contributed by atoms with E-state index in [0.717, 1.165) is 12.2 Å². The lowest BCUT2D eigenvalue weighted by Gasteiger charge is -2.24. The van der Waals surface area contributed by atoms with E-state index in [9.17, 15) is 0 Å². The Bertz CT molecular complexity index is 362. The molecule has 0 aliphatic rings. The first-order valence-electron chi connectivity index (χ1n) is 6.93. The molecule has 0 amide bonds. The van der Waals surface area contributed by atoms with Gasteiger partial charge >= 0.3 is 0 Å². The SMILES string of the molecule is CCCC(C)C(Cc1cc(C)ccc1OC)NC. The Kier molecular flexibility index (Phi) is 6.20. The number of hydrogen-bond donors (Lipinski definition) is 1. The highest BCUT2D eigenvalue weighted by Crippen LogP contribution is 2.24. The molecule has 0 spiro atoms. The number of hydrogen-bond acceptors (Lipinski definition) is 2. The van der Waals surface area contributed by atoms with E-state index in [0.29, 0.717) is 12.0 Å². The molecule has 0 aliphatic carbocycles. The van der Waals surface area contributed by atoms with Crippen LogP contribution in [-0.4, -0.2) is 20.2 Å². The molecule has 18 heavy (non-hydrogen) atoms. The maximum Gasteiger partial charge on any atom is 0.122 e. The number of benzene rings is 1. The van der Waals surface area contributed by atoms with Gasteiger partial charge in [-0.05, 0) is 44.4 Å². The predicted molar refractivity (Wildman–Crippen MR) is 78.4 cm³/mol. The Labute approximate surface area is 112 Å². The molecule has 0 heterocycles. The zero-order valence-electron chi connectivity index (χ0n) is 12.4.